The summed E-state index contributed by atoms with van der Waals surface area (Å²) in [7, 11) is 1.57. The van der Waals surface area contributed by atoms with E-state index >= 15 is 0 Å². The number of carboxylic acid groups (broad SMARTS) is 1. The van der Waals surface area contributed by atoms with Gasteiger partial charge in [0.15, 0.2) is 0 Å². The van der Waals surface area contributed by atoms with Crippen LogP contribution in [0.1, 0.15) is 17.9 Å². The van der Waals surface area contributed by atoms with Gasteiger partial charge < -0.3 is 15.2 Å². The van der Waals surface area contributed by atoms with E-state index in [2.05, 4.69) is 5.32 Å². The lowest BCUT2D eigenvalue weighted by Gasteiger charge is -2.35. The summed E-state index contributed by atoms with van der Waals surface area (Å²) in [5, 5.41) is 13.1. The third kappa shape index (κ3) is 1.78. The minimum absolute atomic E-state index is 0.00889. The first-order valence-electron chi connectivity index (χ1n) is 6.16. The Morgan fingerprint density at radius 2 is 2.32 bits per heavy atom. The third-order valence-electron chi connectivity index (χ3n) is 3.91. The molecule has 0 bridgehead atoms. The van der Waals surface area contributed by atoms with E-state index in [0.29, 0.717) is 16.5 Å². The lowest BCUT2D eigenvalue weighted by molar-refractivity contribution is -0.139. The number of allylic oxidation sites excluding steroid dienone is 2. The number of hydrogen-bond donors (Lipinski definition) is 2. The highest BCUT2D eigenvalue weighted by Gasteiger charge is 2.42. The Balaban J connectivity index is 2.17. The van der Waals surface area contributed by atoms with Gasteiger partial charge in [-0.3, -0.25) is 0 Å². The summed E-state index contributed by atoms with van der Waals surface area (Å²) in [4.78, 5) is 11.4. The number of aliphatic carboxylic acids is 1. The topological polar surface area (TPSA) is 58.6 Å². The van der Waals surface area contributed by atoms with Crippen LogP contribution in [-0.4, -0.2) is 24.2 Å². The summed E-state index contributed by atoms with van der Waals surface area (Å²) in [5.74, 6) is -0.162. The molecule has 0 fully saturated rings. The molecule has 5 heteroatoms. The number of carboxylic acids is 1. The number of rotatable bonds is 2. The van der Waals surface area contributed by atoms with Crippen molar-refractivity contribution in [2.24, 2.45) is 5.92 Å². The van der Waals surface area contributed by atoms with E-state index in [9.17, 15) is 9.90 Å². The van der Waals surface area contributed by atoms with E-state index in [-0.39, 0.29) is 11.8 Å². The molecular formula is C14H14ClNO3. The second kappa shape index (κ2) is 4.46. The molecule has 1 aromatic carbocycles. The zero-order chi connectivity index (χ0) is 13.6. The Labute approximate surface area is 116 Å². The summed E-state index contributed by atoms with van der Waals surface area (Å²) >= 11 is 6.29. The molecule has 19 heavy (non-hydrogen) atoms. The zero-order valence-corrected chi connectivity index (χ0v) is 11.1. The molecule has 4 nitrogen and oxygen atoms in total. The number of fused-ring (bicyclic) bond motifs is 3. The van der Waals surface area contributed by atoms with Crippen molar-refractivity contribution in [1.29, 1.82) is 0 Å². The van der Waals surface area contributed by atoms with Crippen LogP contribution in [0.2, 0.25) is 5.02 Å². The van der Waals surface area contributed by atoms with Crippen LogP contribution in [0.4, 0.5) is 5.69 Å². The van der Waals surface area contributed by atoms with Crippen molar-refractivity contribution in [3.63, 3.8) is 0 Å². The van der Waals surface area contributed by atoms with Crippen molar-refractivity contribution in [1.82, 2.24) is 0 Å². The average Bonchev–Trinajstić information content (AvgIpc) is 2.86. The standard InChI is InChI=1S/C14H14ClNO3/c1-19-10-6-5-9(15)11-7-3-2-4-8(7)12(14(17)18)16-13(10)11/h2-3,5-8,12,16H,4H2,1H3,(H,17,18)/t7-,8+,12-/m0/s1. The molecule has 2 aliphatic rings. The van der Waals surface area contributed by atoms with Crippen LogP contribution in [-0.2, 0) is 4.79 Å². The van der Waals surface area contributed by atoms with Crippen LogP contribution in [0.25, 0.3) is 0 Å². The van der Waals surface area contributed by atoms with Crippen LogP contribution in [0.15, 0.2) is 24.3 Å². The number of benzene rings is 1. The first kappa shape index (κ1) is 12.4. The SMILES string of the molecule is COc1ccc(Cl)c2c1N[C@H](C(=O)O)[C@@H]1CC=C[C@H]21. The molecule has 1 aliphatic heterocycles. The molecule has 1 aliphatic carbocycles. The van der Waals surface area contributed by atoms with Crippen LogP contribution < -0.4 is 10.1 Å². The summed E-state index contributed by atoms with van der Waals surface area (Å²) < 4.78 is 5.31. The Kier molecular flexibility index (Phi) is 2.90. The lowest BCUT2D eigenvalue weighted by Crippen LogP contribution is -2.42. The number of anilines is 1. The van der Waals surface area contributed by atoms with Crippen molar-refractivity contribution < 1.29 is 14.6 Å². The molecule has 0 radical (unpaired) electrons. The van der Waals surface area contributed by atoms with E-state index in [1.54, 1.807) is 19.2 Å². The van der Waals surface area contributed by atoms with Crippen molar-refractivity contribution in [3.8, 4) is 5.75 Å². The van der Waals surface area contributed by atoms with Gasteiger partial charge in [-0.15, -0.1) is 0 Å². The van der Waals surface area contributed by atoms with Gasteiger partial charge >= 0.3 is 5.97 Å². The number of ether oxygens (including phenoxy) is 1. The zero-order valence-electron chi connectivity index (χ0n) is 10.4. The molecule has 0 unspecified atom stereocenters. The van der Waals surface area contributed by atoms with E-state index in [4.69, 9.17) is 16.3 Å². The summed E-state index contributed by atoms with van der Waals surface area (Å²) in [5.41, 5.74) is 1.65. The summed E-state index contributed by atoms with van der Waals surface area (Å²) in [6, 6.07) is 2.94. The van der Waals surface area contributed by atoms with Crippen molar-refractivity contribution in [3.05, 3.63) is 34.9 Å². The smallest absolute Gasteiger partial charge is 0.326 e. The summed E-state index contributed by atoms with van der Waals surface area (Å²) in [6.45, 7) is 0. The Morgan fingerprint density at radius 3 is 3.00 bits per heavy atom. The predicted molar refractivity (Wildman–Crippen MR) is 73.0 cm³/mol. The quantitative estimate of drug-likeness (QED) is 0.817. The Morgan fingerprint density at radius 1 is 1.53 bits per heavy atom. The van der Waals surface area contributed by atoms with Crippen molar-refractivity contribution in [2.45, 2.75) is 18.4 Å². The molecular weight excluding hydrogens is 266 g/mol. The third-order valence-corrected chi connectivity index (χ3v) is 4.24. The van der Waals surface area contributed by atoms with Crippen molar-refractivity contribution in [2.75, 3.05) is 12.4 Å². The molecule has 3 rings (SSSR count). The van der Waals surface area contributed by atoms with Gasteiger partial charge in [0.05, 0.1) is 12.8 Å². The number of nitrogens with one attached hydrogen (secondary N) is 1. The Bertz CT molecular complexity index is 570. The normalized spacial score (nSPS) is 27.4. The molecule has 0 amide bonds. The first-order valence-corrected chi connectivity index (χ1v) is 6.53. The minimum Gasteiger partial charge on any atom is -0.495 e. The van der Waals surface area contributed by atoms with E-state index in [1.165, 1.54) is 0 Å². The monoisotopic (exact) mass is 279 g/mol. The van der Waals surface area contributed by atoms with Crippen LogP contribution >= 0.6 is 11.6 Å². The second-order valence-corrected chi connectivity index (χ2v) is 5.26. The molecule has 1 aromatic rings. The fourth-order valence-electron chi connectivity index (χ4n) is 3.05. The number of halogens is 1. The predicted octanol–water partition coefficient (Wildman–Crippen LogP) is 2.89. The van der Waals surface area contributed by atoms with Gasteiger partial charge in [0.2, 0.25) is 0 Å². The highest BCUT2D eigenvalue weighted by atomic mass is 35.5. The number of hydrogen-bond acceptors (Lipinski definition) is 3. The molecule has 0 saturated carbocycles. The van der Waals surface area contributed by atoms with Gasteiger partial charge in [0.25, 0.3) is 0 Å². The molecule has 3 atom stereocenters. The van der Waals surface area contributed by atoms with Gasteiger partial charge in [-0.25, -0.2) is 4.79 Å². The molecule has 0 spiro atoms. The largest absolute Gasteiger partial charge is 0.495 e. The highest BCUT2D eigenvalue weighted by molar-refractivity contribution is 6.32. The van der Waals surface area contributed by atoms with Gasteiger partial charge in [-0.1, -0.05) is 23.8 Å². The number of methoxy groups -OCH3 is 1. The molecule has 0 saturated heterocycles. The van der Waals surface area contributed by atoms with Gasteiger partial charge in [0, 0.05) is 22.4 Å². The van der Waals surface area contributed by atoms with E-state index in [1.807, 2.05) is 12.2 Å². The summed E-state index contributed by atoms with van der Waals surface area (Å²) in [6.07, 6.45) is 4.82. The van der Waals surface area contributed by atoms with Crippen molar-refractivity contribution >= 4 is 23.3 Å². The maximum Gasteiger partial charge on any atom is 0.326 e. The molecule has 0 aromatic heterocycles. The van der Waals surface area contributed by atoms with Gasteiger partial charge in [-0.2, -0.15) is 0 Å². The van der Waals surface area contributed by atoms with Crippen LogP contribution in [0.3, 0.4) is 0 Å². The first-order chi connectivity index (χ1) is 9.13. The number of carbonyl (C=O) groups is 1. The fourth-order valence-corrected chi connectivity index (χ4v) is 3.34. The van der Waals surface area contributed by atoms with Gasteiger partial charge in [-0.05, 0) is 18.6 Å². The van der Waals surface area contributed by atoms with Crippen LogP contribution in [0.5, 0.6) is 5.75 Å². The fraction of sp³-hybridized carbons (Fsp3) is 0.357. The molecule has 2 N–H and O–H groups in total. The van der Waals surface area contributed by atoms with E-state index < -0.39 is 12.0 Å². The van der Waals surface area contributed by atoms with Gasteiger partial charge in [0.1, 0.15) is 11.8 Å². The average molecular weight is 280 g/mol. The maximum atomic E-state index is 11.4. The minimum atomic E-state index is -0.841. The highest BCUT2D eigenvalue weighted by Crippen LogP contribution is 2.50. The Hall–Kier alpha value is -1.68. The van der Waals surface area contributed by atoms with Crippen LogP contribution in [0, 0.1) is 5.92 Å². The lowest BCUT2D eigenvalue weighted by atomic mass is 9.79. The molecule has 100 valence electrons. The second-order valence-electron chi connectivity index (χ2n) is 4.85. The van der Waals surface area contributed by atoms with E-state index in [0.717, 1.165) is 12.0 Å². The molecule has 1 heterocycles. The maximum absolute atomic E-state index is 11.4.